The van der Waals surface area contributed by atoms with Crippen LogP contribution < -0.4 is 16.5 Å². The van der Waals surface area contributed by atoms with Crippen LogP contribution in [0.2, 0.25) is 5.15 Å². The lowest BCUT2D eigenvalue weighted by atomic mass is 10.00. The SMILES string of the molecule is Cc1cc(C(C)Nc2ccc(Cl)nc2C)c2oc(-c3ccc(C=N)c(N)c3)cc(=O)c2c1. The molecule has 2 aromatic carbocycles. The van der Waals surface area contributed by atoms with Gasteiger partial charge in [0, 0.05) is 34.7 Å². The second-order valence-corrected chi connectivity index (χ2v) is 8.21. The molecule has 0 aliphatic heterocycles. The van der Waals surface area contributed by atoms with E-state index < -0.39 is 0 Å². The third-order valence-electron chi connectivity index (χ3n) is 5.42. The molecule has 0 saturated heterocycles. The number of hydrogen-bond acceptors (Lipinski definition) is 6. The van der Waals surface area contributed by atoms with Crippen molar-refractivity contribution in [3.63, 3.8) is 0 Å². The number of nitrogens with zero attached hydrogens (tertiary/aromatic N) is 1. The Morgan fingerprint density at radius 3 is 2.62 bits per heavy atom. The van der Waals surface area contributed by atoms with Gasteiger partial charge in [0.1, 0.15) is 16.5 Å². The first-order chi connectivity index (χ1) is 15.3. The van der Waals surface area contributed by atoms with Crippen molar-refractivity contribution >= 4 is 40.2 Å². The maximum atomic E-state index is 13.0. The molecule has 0 amide bonds. The van der Waals surface area contributed by atoms with Crippen molar-refractivity contribution in [1.29, 1.82) is 5.41 Å². The molecule has 2 aromatic heterocycles. The second kappa shape index (κ2) is 8.48. The minimum atomic E-state index is -0.164. The van der Waals surface area contributed by atoms with E-state index in [-0.39, 0.29) is 11.5 Å². The van der Waals surface area contributed by atoms with Crippen LogP contribution in [-0.2, 0) is 0 Å². The van der Waals surface area contributed by atoms with Gasteiger partial charge in [0.2, 0.25) is 0 Å². The molecular weight excluding hydrogens is 424 g/mol. The standard InChI is InChI=1S/C25H23ClN4O2/c1-13-8-18(14(2)29-21-6-7-24(26)30-15(21)3)25-19(9-13)22(31)11-23(32-25)16-4-5-17(12-27)20(28)10-16/h4-12,14,27,29H,28H2,1-3H3. The lowest BCUT2D eigenvalue weighted by Gasteiger charge is -2.19. The number of anilines is 2. The summed E-state index contributed by atoms with van der Waals surface area (Å²) >= 11 is 5.98. The fourth-order valence-corrected chi connectivity index (χ4v) is 3.94. The molecule has 7 heteroatoms. The highest BCUT2D eigenvalue weighted by molar-refractivity contribution is 6.29. The van der Waals surface area contributed by atoms with E-state index >= 15 is 0 Å². The van der Waals surface area contributed by atoms with Gasteiger partial charge in [-0.1, -0.05) is 29.8 Å². The molecule has 0 fully saturated rings. The highest BCUT2D eigenvalue weighted by Crippen LogP contribution is 2.32. The van der Waals surface area contributed by atoms with Crippen molar-refractivity contribution in [3.05, 3.63) is 86.3 Å². The Balaban J connectivity index is 1.84. The van der Waals surface area contributed by atoms with Crippen LogP contribution in [0.3, 0.4) is 0 Å². The summed E-state index contributed by atoms with van der Waals surface area (Å²) in [6, 6.07) is 14.0. The topological polar surface area (TPSA) is 105 Å². The summed E-state index contributed by atoms with van der Waals surface area (Å²) in [5.74, 6) is 0.423. The number of nitrogens with two attached hydrogens (primary N) is 1. The monoisotopic (exact) mass is 446 g/mol. The van der Waals surface area contributed by atoms with Crippen LogP contribution in [0, 0.1) is 19.3 Å². The van der Waals surface area contributed by atoms with Crippen molar-refractivity contribution in [1.82, 2.24) is 4.98 Å². The van der Waals surface area contributed by atoms with Gasteiger partial charge >= 0.3 is 0 Å². The third kappa shape index (κ3) is 4.09. The molecule has 6 nitrogen and oxygen atoms in total. The molecule has 0 aliphatic rings. The molecule has 0 radical (unpaired) electrons. The predicted molar refractivity (Wildman–Crippen MR) is 131 cm³/mol. The predicted octanol–water partition coefficient (Wildman–Crippen LogP) is 5.88. The van der Waals surface area contributed by atoms with Crippen LogP contribution in [-0.4, -0.2) is 11.2 Å². The van der Waals surface area contributed by atoms with Crippen LogP contribution >= 0.6 is 11.6 Å². The smallest absolute Gasteiger partial charge is 0.193 e. The minimum absolute atomic E-state index is 0.127. The molecule has 0 spiro atoms. The third-order valence-corrected chi connectivity index (χ3v) is 5.63. The molecule has 2 heterocycles. The number of nitrogen functional groups attached to an aromatic ring is 1. The molecule has 0 aliphatic carbocycles. The number of nitrogens with one attached hydrogen (secondary N) is 2. The van der Waals surface area contributed by atoms with Gasteiger partial charge in [-0.05, 0) is 50.6 Å². The molecular formula is C25H23ClN4O2. The quantitative estimate of drug-likeness (QED) is 0.202. The zero-order valence-corrected chi connectivity index (χ0v) is 18.7. The van der Waals surface area contributed by atoms with Crippen LogP contribution in [0.5, 0.6) is 0 Å². The number of aryl methyl sites for hydroxylation is 2. The fraction of sp³-hybridized carbons (Fsp3) is 0.160. The minimum Gasteiger partial charge on any atom is -0.455 e. The zero-order valence-electron chi connectivity index (χ0n) is 18.0. The number of pyridine rings is 1. The van der Waals surface area contributed by atoms with Crippen molar-refractivity contribution in [2.45, 2.75) is 26.8 Å². The Labute approximate surface area is 190 Å². The highest BCUT2D eigenvalue weighted by Gasteiger charge is 2.17. The van der Waals surface area contributed by atoms with Crippen molar-refractivity contribution in [2.75, 3.05) is 11.1 Å². The second-order valence-electron chi connectivity index (χ2n) is 7.83. The summed E-state index contributed by atoms with van der Waals surface area (Å²) in [4.78, 5) is 17.3. The Hall–Kier alpha value is -3.64. The van der Waals surface area contributed by atoms with E-state index in [2.05, 4.69) is 10.3 Å². The lowest BCUT2D eigenvalue weighted by Crippen LogP contribution is -2.11. The van der Waals surface area contributed by atoms with Gasteiger partial charge in [-0.3, -0.25) is 4.79 Å². The normalized spacial score (nSPS) is 12.0. The number of benzene rings is 2. The maximum Gasteiger partial charge on any atom is 0.193 e. The summed E-state index contributed by atoms with van der Waals surface area (Å²) in [5, 5.41) is 11.8. The Morgan fingerprint density at radius 2 is 1.94 bits per heavy atom. The average Bonchev–Trinajstić information content (AvgIpc) is 2.75. The summed E-state index contributed by atoms with van der Waals surface area (Å²) in [6.07, 6.45) is 1.19. The van der Waals surface area contributed by atoms with Gasteiger partial charge in [0.25, 0.3) is 0 Å². The summed E-state index contributed by atoms with van der Waals surface area (Å²) < 4.78 is 6.26. The largest absolute Gasteiger partial charge is 0.455 e. The molecule has 162 valence electrons. The molecule has 1 unspecified atom stereocenters. The van der Waals surface area contributed by atoms with E-state index in [1.165, 1.54) is 12.3 Å². The van der Waals surface area contributed by atoms with Crippen LogP contribution in [0.15, 0.2) is 57.7 Å². The van der Waals surface area contributed by atoms with Gasteiger partial charge in [0.05, 0.1) is 22.8 Å². The van der Waals surface area contributed by atoms with Gasteiger partial charge in [-0.15, -0.1) is 0 Å². The number of aromatic nitrogens is 1. The first kappa shape index (κ1) is 21.6. The van der Waals surface area contributed by atoms with E-state index in [4.69, 9.17) is 27.2 Å². The van der Waals surface area contributed by atoms with E-state index in [9.17, 15) is 4.79 Å². The van der Waals surface area contributed by atoms with Crippen molar-refractivity contribution < 1.29 is 4.42 Å². The molecule has 0 saturated carbocycles. The van der Waals surface area contributed by atoms with E-state index in [1.807, 2.05) is 39.0 Å². The number of rotatable bonds is 5. The average molecular weight is 447 g/mol. The van der Waals surface area contributed by atoms with Crippen LogP contribution in [0.25, 0.3) is 22.3 Å². The molecule has 32 heavy (non-hydrogen) atoms. The fourth-order valence-electron chi connectivity index (χ4n) is 3.75. The Morgan fingerprint density at radius 1 is 1.16 bits per heavy atom. The molecule has 4 rings (SSSR count). The van der Waals surface area contributed by atoms with Gasteiger partial charge in [0.15, 0.2) is 5.43 Å². The van der Waals surface area contributed by atoms with Crippen molar-refractivity contribution in [2.24, 2.45) is 0 Å². The summed E-state index contributed by atoms with van der Waals surface area (Å²) in [6.45, 7) is 5.84. The van der Waals surface area contributed by atoms with E-state index in [1.54, 1.807) is 24.3 Å². The lowest BCUT2D eigenvalue weighted by molar-refractivity contribution is 0.610. The molecule has 4 N–H and O–H groups in total. The zero-order chi connectivity index (χ0) is 23.0. The molecule has 4 aromatic rings. The first-order valence-corrected chi connectivity index (χ1v) is 10.5. The molecule has 0 bridgehead atoms. The Bertz CT molecular complexity index is 1410. The number of fused-ring (bicyclic) bond motifs is 1. The summed E-state index contributed by atoms with van der Waals surface area (Å²) in [7, 11) is 0. The maximum absolute atomic E-state index is 13.0. The van der Waals surface area contributed by atoms with Gasteiger partial charge < -0.3 is 20.9 Å². The Kier molecular flexibility index (Phi) is 5.72. The molecule has 1 atom stereocenters. The first-order valence-electron chi connectivity index (χ1n) is 10.2. The number of halogens is 1. The number of hydrogen-bond donors (Lipinski definition) is 3. The highest BCUT2D eigenvalue weighted by atomic mass is 35.5. The van der Waals surface area contributed by atoms with Crippen molar-refractivity contribution in [3.8, 4) is 11.3 Å². The van der Waals surface area contributed by atoms with Crippen LogP contribution in [0.4, 0.5) is 11.4 Å². The van der Waals surface area contributed by atoms with E-state index in [0.717, 1.165) is 22.5 Å². The van der Waals surface area contributed by atoms with Gasteiger partial charge in [-0.25, -0.2) is 4.98 Å². The van der Waals surface area contributed by atoms with E-state index in [0.29, 0.717) is 38.7 Å². The van der Waals surface area contributed by atoms with Gasteiger partial charge in [-0.2, -0.15) is 0 Å². The summed E-state index contributed by atoms with van der Waals surface area (Å²) in [5.41, 5.74) is 11.6. The van der Waals surface area contributed by atoms with Crippen LogP contribution in [0.1, 0.15) is 35.3 Å².